The highest BCUT2D eigenvalue weighted by Crippen LogP contribution is 2.43. The van der Waals surface area contributed by atoms with Gasteiger partial charge in [0.05, 0.1) is 11.2 Å². The van der Waals surface area contributed by atoms with E-state index in [9.17, 15) is 4.39 Å². The van der Waals surface area contributed by atoms with E-state index in [1.54, 1.807) is 6.07 Å². The number of rotatable bonds is 3. The van der Waals surface area contributed by atoms with Gasteiger partial charge in [-0.15, -0.1) is 0 Å². The topological polar surface area (TPSA) is 24.3 Å². The fourth-order valence-corrected chi connectivity index (χ4v) is 5.35. The van der Waals surface area contributed by atoms with Crippen LogP contribution >= 0.6 is 0 Å². The molecule has 1 saturated heterocycles. The van der Waals surface area contributed by atoms with Crippen LogP contribution in [0.3, 0.4) is 0 Å². The van der Waals surface area contributed by atoms with E-state index < -0.39 is 0 Å². The summed E-state index contributed by atoms with van der Waals surface area (Å²) in [6.07, 6.45) is 1.98. The molecule has 0 spiro atoms. The minimum absolute atomic E-state index is 0.0480. The van der Waals surface area contributed by atoms with Gasteiger partial charge in [0, 0.05) is 49.1 Å². The summed E-state index contributed by atoms with van der Waals surface area (Å²) >= 11 is 0. The first-order valence-electron chi connectivity index (χ1n) is 10.1. The third kappa shape index (κ3) is 2.68. The molecule has 2 aromatic carbocycles. The zero-order valence-electron chi connectivity index (χ0n) is 16.8. The average molecular weight is 378 g/mol. The molecule has 1 aliphatic heterocycles. The van der Waals surface area contributed by atoms with Crippen LogP contribution in [0.25, 0.3) is 10.9 Å². The molecule has 2 heterocycles. The van der Waals surface area contributed by atoms with Gasteiger partial charge in [-0.1, -0.05) is 30.3 Å². The highest BCUT2D eigenvalue weighted by Gasteiger charge is 2.42. The second-order valence-corrected chi connectivity index (χ2v) is 8.48. The molecule has 0 N–H and O–H groups in total. The number of para-hydroxylation sites is 1. The van der Waals surface area contributed by atoms with E-state index in [0.29, 0.717) is 12.0 Å². The van der Waals surface area contributed by atoms with E-state index in [2.05, 4.69) is 54.2 Å². The summed E-state index contributed by atoms with van der Waals surface area (Å²) in [5, 5.41) is 6.15. The minimum atomic E-state index is -0.0480. The predicted molar refractivity (Wildman–Crippen MR) is 110 cm³/mol. The molecule has 0 saturated carbocycles. The van der Waals surface area contributed by atoms with E-state index in [1.807, 2.05) is 17.8 Å². The van der Waals surface area contributed by atoms with E-state index in [-0.39, 0.29) is 11.9 Å². The van der Waals surface area contributed by atoms with Crippen LogP contribution in [0.5, 0.6) is 0 Å². The van der Waals surface area contributed by atoms with E-state index in [4.69, 9.17) is 5.10 Å². The Balaban J connectivity index is 1.52. The Morgan fingerprint density at radius 1 is 1.07 bits per heavy atom. The number of hydrogen-bond donors (Lipinski definition) is 0. The smallest absolute Gasteiger partial charge is 0.128 e. The molecule has 2 aliphatic rings. The zero-order chi connectivity index (χ0) is 19.4. The van der Waals surface area contributed by atoms with Crippen LogP contribution in [0.4, 0.5) is 4.39 Å². The molecule has 4 nitrogen and oxygen atoms in total. The number of aromatic nitrogens is 2. The molecule has 1 aromatic heterocycles. The molecular formula is C23H27FN4. The van der Waals surface area contributed by atoms with Crippen LogP contribution in [0.15, 0.2) is 42.5 Å². The second kappa shape index (κ2) is 6.68. The van der Waals surface area contributed by atoms with Crippen molar-refractivity contribution in [1.29, 1.82) is 0 Å². The lowest BCUT2D eigenvalue weighted by atomic mass is 9.96. The van der Waals surface area contributed by atoms with Crippen molar-refractivity contribution in [2.75, 3.05) is 27.2 Å². The first kappa shape index (κ1) is 17.8. The van der Waals surface area contributed by atoms with Crippen LogP contribution in [-0.4, -0.2) is 52.8 Å². The van der Waals surface area contributed by atoms with Gasteiger partial charge >= 0.3 is 0 Å². The van der Waals surface area contributed by atoms with Crippen molar-refractivity contribution in [2.45, 2.75) is 30.8 Å². The van der Waals surface area contributed by atoms with Crippen molar-refractivity contribution in [3.8, 4) is 0 Å². The summed E-state index contributed by atoms with van der Waals surface area (Å²) in [6, 6.07) is 14.6. The minimum Gasteiger partial charge on any atom is -0.304 e. The van der Waals surface area contributed by atoms with Gasteiger partial charge < -0.3 is 4.90 Å². The van der Waals surface area contributed by atoms with Crippen molar-refractivity contribution in [2.24, 2.45) is 7.05 Å². The van der Waals surface area contributed by atoms with Crippen LogP contribution < -0.4 is 0 Å². The van der Waals surface area contributed by atoms with Crippen molar-refractivity contribution < 1.29 is 4.39 Å². The maximum atomic E-state index is 14.6. The van der Waals surface area contributed by atoms with Crippen molar-refractivity contribution in [3.63, 3.8) is 0 Å². The lowest BCUT2D eigenvalue weighted by molar-refractivity contribution is 0.213. The molecule has 3 atom stereocenters. The third-order valence-corrected chi connectivity index (χ3v) is 6.72. The molecule has 146 valence electrons. The van der Waals surface area contributed by atoms with Crippen LogP contribution in [0.2, 0.25) is 0 Å². The monoisotopic (exact) mass is 378 g/mol. The van der Waals surface area contributed by atoms with Crippen LogP contribution in [-0.2, 0) is 13.5 Å². The summed E-state index contributed by atoms with van der Waals surface area (Å²) < 4.78 is 16.6. The van der Waals surface area contributed by atoms with Gasteiger partial charge in [0.15, 0.2) is 0 Å². The van der Waals surface area contributed by atoms with Gasteiger partial charge in [-0.2, -0.15) is 5.10 Å². The number of hydrogen-bond acceptors (Lipinski definition) is 3. The van der Waals surface area contributed by atoms with Crippen molar-refractivity contribution in [3.05, 3.63) is 65.1 Å². The Bertz CT molecular complexity index is 1020. The fraction of sp³-hybridized carbons (Fsp3) is 0.435. The SMILES string of the molecule is CN(C)C1CN(C2CCc3cccc(F)c32)CC1c1nn(C)c2ccccc12. The quantitative estimate of drug-likeness (QED) is 0.694. The van der Waals surface area contributed by atoms with E-state index >= 15 is 0 Å². The maximum Gasteiger partial charge on any atom is 0.128 e. The standard InChI is InChI=1S/C23H27FN4/c1-26(2)21-14-28(20-12-11-15-7-6-9-18(24)22(15)20)13-17(21)23-16-8-4-5-10-19(16)27(3)25-23/h4-10,17,20-21H,11-14H2,1-3H3. The summed E-state index contributed by atoms with van der Waals surface area (Å²) in [5.74, 6) is 0.269. The molecule has 0 bridgehead atoms. The molecule has 3 aromatic rings. The summed E-state index contributed by atoms with van der Waals surface area (Å²) in [5.41, 5.74) is 4.45. The fourth-order valence-electron chi connectivity index (χ4n) is 5.35. The first-order chi connectivity index (χ1) is 13.5. The van der Waals surface area contributed by atoms with Gasteiger partial charge in [0.25, 0.3) is 0 Å². The normalized spacial score (nSPS) is 25.1. The zero-order valence-corrected chi connectivity index (χ0v) is 16.8. The molecule has 0 amide bonds. The molecule has 3 unspecified atom stereocenters. The Labute approximate surface area is 165 Å². The number of aryl methyl sites for hydroxylation is 2. The maximum absolute atomic E-state index is 14.6. The van der Waals surface area contributed by atoms with Crippen LogP contribution in [0, 0.1) is 5.82 Å². The molecule has 5 heteroatoms. The summed E-state index contributed by atoms with van der Waals surface area (Å²) in [6.45, 7) is 1.86. The van der Waals surface area contributed by atoms with Gasteiger partial charge in [-0.3, -0.25) is 9.58 Å². The third-order valence-electron chi connectivity index (χ3n) is 6.72. The van der Waals surface area contributed by atoms with Crippen LogP contribution in [0.1, 0.15) is 35.2 Å². The molecule has 1 aliphatic carbocycles. The van der Waals surface area contributed by atoms with E-state index in [0.717, 1.165) is 31.5 Å². The predicted octanol–water partition coefficient (Wildman–Crippen LogP) is 3.73. The van der Waals surface area contributed by atoms with Gasteiger partial charge in [-0.05, 0) is 44.6 Å². The molecular weight excluding hydrogens is 351 g/mol. The molecule has 0 radical (unpaired) electrons. The molecule has 5 rings (SSSR count). The molecule has 1 fully saturated rings. The number of fused-ring (bicyclic) bond motifs is 2. The Morgan fingerprint density at radius 3 is 2.71 bits per heavy atom. The Hall–Kier alpha value is -2.24. The number of likely N-dealkylation sites (N-methyl/N-ethyl adjacent to an activating group) is 1. The van der Waals surface area contributed by atoms with Crippen molar-refractivity contribution >= 4 is 10.9 Å². The Kier molecular flexibility index (Phi) is 4.25. The lowest BCUT2D eigenvalue weighted by Gasteiger charge is -2.26. The van der Waals surface area contributed by atoms with E-state index in [1.165, 1.54) is 22.2 Å². The highest BCUT2D eigenvalue weighted by atomic mass is 19.1. The largest absolute Gasteiger partial charge is 0.304 e. The molecule has 28 heavy (non-hydrogen) atoms. The lowest BCUT2D eigenvalue weighted by Crippen LogP contribution is -2.35. The number of halogens is 1. The average Bonchev–Trinajstić information content (AvgIpc) is 3.37. The van der Waals surface area contributed by atoms with Crippen molar-refractivity contribution in [1.82, 2.24) is 19.6 Å². The first-order valence-corrected chi connectivity index (χ1v) is 10.1. The number of likely N-dealkylation sites (tertiary alicyclic amines) is 1. The summed E-state index contributed by atoms with van der Waals surface area (Å²) in [4.78, 5) is 4.80. The van der Waals surface area contributed by atoms with Gasteiger partial charge in [0.2, 0.25) is 0 Å². The number of nitrogens with zero attached hydrogens (tertiary/aromatic N) is 4. The summed E-state index contributed by atoms with van der Waals surface area (Å²) in [7, 11) is 6.32. The Morgan fingerprint density at radius 2 is 1.89 bits per heavy atom. The number of benzene rings is 2. The van der Waals surface area contributed by atoms with Gasteiger partial charge in [-0.25, -0.2) is 4.39 Å². The second-order valence-electron chi connectivity index (χ2n) is 8.48. The highest BCUT2D eigenvalue weighted by molar-refractivity contribution is 5.82. The van der Waals surface area contributed by atoms with Gasteiger partial charge in [0.1, 0.15) is 5.82 Å².